The van der Waals surface area contributed by atoms with E-state index in [9.17, 15) is 0 Å². The highest BCUT2D eigenvalue weighted by Crippen LogP contribution is 2.47. The second-order valence-electron chi connectivity index (χ2n) is 16.1. The van der Waals surface area contributed by atoms with Gasteiger partial charge in [0.1, 0.15) is 11.3 Å². The summed E-state index contributed by atoms with van der Waals surface area (Å²) in [7, 11) is 0. The molecule has 8 heteroatoms. The summed E-state index contributed by atoms with van der Waals surface area (Å²) >= 11 is 0. The lowest BCUT2D eigenvalue weighted by Crippen LogP contribution is -2.13. The second-order valence-corrected chi connectivity index (χ2v) is 16.1. The Balaban J connectivity index is 1.01. The molecule has 0 spiro atoms. The highest BCUT2D eigenvalue weighted by Gasteiger charge is 2.25. The third-order valence-corrected chi connectivity index (χ3v) is 12.0. The van der Waals surface area contributed by atoms with E-state index in [0.717, 1.165) is 101 Å². The molecule has 0 bridgehead atoms. The molecule has 0 fully saturated rings. The van der Waals surface area contributed by atoms with Crippen LogP contribution in [0.4, 0.5) is 34.1 Å². The van der Waals surface area contributed by atoms with Crippen molar-refractivity contribution < 1.29 is 0 Å². The van der Waals surface area contributed by atoms with Crippen molar-refractivity contribution in [2.45, 2.75) is 0 Å². The van der Waals surface area contributed by atoms with E-state index in [-0.39, 0.29) is 0 Å². The number of fused-ring (bicyclic) bond motifs is 3. The number of rotatable bonds is 10. The van der Waals surface area contributed by atoms with Crippen LogP contribution in [0.1, 0.15) is 0 Å². The molecule has 0 amide bonds. The summed E-state index contributed by atoms with van der Waals surface area (Å²) in [6.07, 6.45) is 8.20. The van der Waals surface area contributed by atoms with Gasteiger partial charge in [-0.05, 0) is 97.1 Å². The lowest BCUT2D eigenvalue weighted by atomic mass is 9.98. The van der Waals surface area contributed by atoms with Crippen molar-refractivity contribution in [3.8, 4) is 45.0 Å². The number of nitrogens with zero attached hydrogens (tertiary/aromatic N) is 8. The Morgan fingerprint density at radius 3 is 1.09 bits per heavy atom. The summed E-state index contributed by atoms with van der Waals surface area (Å²) in [5, 5.41) is 0. The van der Waals surface area contributed by atoms with Gasteiger partial charge in [0.2, 0.25) is 0 Å². The molecule has 8 nitrogen and oxygen atoms in total. The van der Waals surface area contributed by atoms with Crippen molar-refractivity contribution >= 4 is 56.5 Å². The van der Waals surface area contributed by atoms with Crippen molar-refractivity contribution in [3.63, 3.8) is 0 Å². The number of hydrogen-bond acceptors (Lipinski definition) is 6. The molecule has 0 aliphatic rings. The van der Waals surface area contributed by atoms with Crippen LogP contribution in [0, 0.1) is 0 Å². The summed E-state index contributed by atoms with van der Waals surface area (Å²) in [6.45, 7) is 0. The van der Waals surface area contributed by atoms with Crippen LogP contribution in [0.2, 0.25) is 0 Å². The first-order valence-electron chi connectivity index (χ1n) is 22.0. The summed E-state index contributed by atoms with van der Waals surface area (Å²) in [5.41, 5.74) is 16.8. The Bertz CT molecular complexity index is 3350. The maximum atomic E-state index is 5.51. The van der Waals surface area contributed by atoms with Gasteiger partial charge < -0.3 is 18.6 Å². The van der Waals surface area contributed by atoms with Crippen LogP contribution in [0.25, 0.3) is 67.4 Å². The summed E-state index contributed by atoms with van der Waals surface area (Å²) in [5.74, 6) is 0. The average Bonchev–Trinajstić information content (AvgIpc) is 4.03. The number of hydrogen-bond donors (Lipinski definition) is 0. The lowest BCUT2D eigenvalue weighted by molar-refractivity contribution is 1.19. The molecule has 5 aromatic heterocycles. The Labute approximate surface area is 381 Å². The fraction of sp³-hybridized carbons (Fsp3) is 0. The Morgan fingerprint density at radius 2 is 0.667 bits per heavy atom. The minimum atomic E-state index is 0.772. The van der Waals surface area contributed by atoms with Crippen LogP contribution < -0.4 is 9.80 Å². The fourth-order valence-corrected chi connectivity index (χ4v) is 8.83. The van der Waals surface area contributed by atoms with Gasteiger partial charge in [0.05, 0.1) is 45.2 Å². The van der Waals surface area contributed by atoms with E-state index in [2.05, 4.69) is 189 Å². The highest BCUT2D eigenvalue weighted by molar-refractivity contribution is 5.98. The van der Waals surface area contributed by atoms with E-state index in [1.54, 1.807) is 0 Å². The minimum absolute atomic E-state index is 0.772. The van der Waals surface area contributed by atoms with Crippen LogP contribution in [-0.2, 0) is 0 Å². The van der Waals surface area contributed by atoms with Crippen LogP contribution >= 0.6 is 0 Å². The third-order valence-electron chi connectivity index (χ3n) is 12.0. The van der Waals surface area contributed by atoms with Gasteiger partial charge in [-0.2, -0.15) is 0 Å². The fourth-order valence-electron chi connectivity index (χ4n) is 8.83. The smallest absolute Gasteiger partial charge is 0.137 e. The van der Waals surface area contributed by atoms with Gasteiger partial charge >= 0.3 is 0 Å². The standard InChI is InChI=1S/C58H40N8/c1-3-17-43(18-4-1)65(45-33-29-41(30-34-45)51-39-63-37-15-13-27-55(63)59-51)53-25-11-7-21-47(53)57-58(62-50-24-10-9-23-49(50)61-57)48-22-8-12-26-54(48)66(44-19-5-2-6-20-44)46-35-31-42(32-36-46)52-40-64-38-16-14-28-56(64)60-52/h1-40H. The number of aromatic nitrogens is 6. The van der Waals surface area contributed by atoms with Crippen molar-refractivity contribution in [2.75, 3.05) is 9.80 Å². The molecule has 0 saturated carbocycles. The van der Waals surface area contributed by atoms with Crippen LogP contribution in [0.15, 0.2) is 243 Å². The molecule has 0 radical (unpaired) electrons. The molecule has 0 aliphatic carbocycles. The maximum Gasteiger partial charge on any atom is 0.137 e. The predicted molar refractivity (Wildman–Crippen MR) is 268 cm³/mol. The SMILES string of the molecule is c1ccc(N(c2ccc(-c3cn4ccccc4n3)cc2)c2ccccc2-c2nc3ccccc3nc2-c2ccccc2N(c2ccccc2)c2ccc(-c3cn4ccccc4n3)cc2)cc1. The molecule has 12 aromatic rings. The Morgan fingerprint density at radius 1 is 0.303 bits per heavy atom. The lowest BCUT2D eigenvalue weighted by Gasteiger charge is -2.29. The average molecular weight is 849 g/mol. The molecular weight excluding hydrogens is 809 g/mol. The largest absolute Gasteiger partial charge is 0.310 e. The van der Waals surface area contributed by atoms with Gasteiger partial charge in [-0.25, -0.2) is 19.9 Å². The molecule has 0 unspecified atom stereocenters. The van der Waals surface area contributed by atoms with Crippen LogP contribution in [0.3, 0.4) is 0 Å². The molecule has 7 aromatic carbocycles. The molecule has 66 heavy (non-hydrogen) atoms. The van der Waals surface area contributed by atoms with Crippen molar-refractivity contribution in [1.82, 2.24) is 28.7 Å². The quantitative estimate of drug-likeness (QED) is 0.137. The van der Waals surface area contributed by atoms with Crippen molar-refractivity contribution in [2.24, 2.45) is 0 Å². The topological polar surface area (TPSA) is 66.9 Å². The number of anilines is 6. The highest BCUT2D eigenvalue weighted by atomic mass is 15.2. The second kappa shape index (κ2) is 16.5. The van der Waals surface area contributed by atoms with Gasteiger partial charge in [-0.1, -0.05) is 121 Å². The van der Waals surface area contributed by atoms with E-state index >= 15 is 0 Å². The van der Waals surface area contributed by atoms with E-state index < -0.39 is 0 Å². The Kier molecular flexibility index (Phi) is 9.65. The maximum absolute atomic E-state index is 5.51. The van der Waals surface area contributed by atoms with E-state index in [1.165, 1.54) is 0 Å². The molecule has 0 aliphatic heterocycles. The molecule has 0 saturated heterocycles. The summed E-state index contributed by atoms with van der Waals surface area (Å²) < 4.78 is 4.10. The van der Waals surface area contributed by atoms with Crippen LogP contribution in [0.5, 0.6) is 0 Å². The Hall–Kier alpha value is -9.14. The van der Waals surface area contributed by atoms with Gasteiger partial charge in [0.25, 0.3) is 0 Å². The van der Waals surface area contributed by atoms with Gasteiger partial charge in [0.15, 0.2) is 0 Å². The minimum Gasteiger partial charge on any atom is -0.310 e. The normalized spacial score (nSPS) is 11.3. The zero-order valence-corrected chi connectivity index (χ0v) is 35.7. The number of benzene rings is 7. The van der Waals surface area contributed by atoms with Gasteiger partial charge in [-0.15, -0.1) is 0 Å². The molecule has 312 valence electrons. The number of para-hydroxylation sites is 6. The molecule has 12 rings (SSSR count). The van der Waals surface area contributed by atoms with Gasteiger partial charge in [-0.3, -0.25) is 0 Å². The first-order valence-corrected chi connectivity index (χ1v) is 22.0. The van der Waals surface area contributed by atoms with E-state index in [0.29, 0.717) is 0 Å². The molecular formula is C58H40N8. The van der Waals surface area contributed by atoms with Crippen molar-refractivity contribution in [1.29, 1.82) is 0 Å². The summed E-state index contributed by atoms with van der Waals surface area (Å²) in [4.78, 5) is 25.4. The van der Waals surface area contributed by atoms with E-state index in [1.807, 2.05) is 73.1 Å². The number of imidazole rings is 2. The first-order chi connectivity index (χ1) is 32.7. The zero-order valence-electron chi connectivity index (χ0n) is 35.7. The number of pyridine rings is 2. The molecule has 0 N–H and O–H groups in total. The first kappa shape index (κ1) is 38.5. The van der Waals surface area contributed by atoms with Gasteiger partial charge in [0, 0.05) is 69.8 Å². The van der Waals surface area contributed by atoms with E-state index in [4.69, 9.17) is 19.9 Å². The molecule has 5 heterocycles. The zero-order chi connectivity index (χ0) is 43.8. The monoisotopic (exact) mass is 848 g/mol. The summed E-state index contributed by atoms with van der Waals surface area (Å²) in [6, 6.07) is 75.5. The third kappa shape index (κ3) is 7.09. The predicted octanol–water partition coefficient (Wildman–Crippen LogP) is 14.5. The van der Waals surface area contributed by atoms with Crippen LogP contribution in [-0.4, -0.2) is 28.7 Å². The van der Waals surface area contributed by atoms with Crippen molar-refractivity contribution in [3.05, 3.63) is 243 Å². The molecule has 0 atom stereocenters.